The molecule has 0 amide bonds. The van der Waals surface area contributed by atoms with Crippen molar-refractivity contribution in [2.45, 2.75) is 13.5 Å². The Morgan fingerprint density at radius 2 is 2.12 bits per heavy atom. The Morgan fingerprint density at radius 3 is 2.82 bits per heavy atom. The largest absolute Gasteiger partial charge is 0.439 e. The lowest BCUT2D eigenvalue weighted by molar-refractivity contribution is 0.275. The molecule has 0 radical (unpaired) electrons. The number of rotatable bonds is 3. The molecule has 1 N–H and O–H groups in total. The van der Waals surface area contributed by atoms with Crippen molar-refractivity contribution >= 4 is 11.6 Å². The molecular weight excluding hydrogens is 238 g/mol. The zero-order valence-corrected chi connectivity index (χ0v) is 10.1. The van der Waals surface area contributed by atoms with Crippen molar-refractivity contribution in [2.24, 2.45) is 0 Å². The molecule has 3 nitrogen and oxygen atoms in total. The lowest BCUT2D eigenvalue weighted by Crippen LogP contribution is -1.93. The number of aliphatic hydroxyl groups is 1. The van der Waals surface area contributed by atoms with Crippen molar-refractivity contribution in [3.63, 3.8) is 0 Å². The van der Waals surface area contributed by atoms with Crippen LogP contribution in [-0.4, -0.2) is 10.1 Å². The van der Waals surface area contributed by atoms with Gasteiger partial charge in [-0.15, -0.1) is 0 Å². The molecule has 1 aromatic carbocycles. The molecule has 0 spiro atoms. The lowest BCUT2D eigenvalue weighted by Gasteiger charge is -2.07. The molecule has 88 valence electrons. The van der Waals surface area contributed by atoms with Crippen LogP contribution in [-0.2, 0) is 6.61 Å². The molecule has 2 rings (SSSR count). The minimum absolute atomic E-state index is 0.100. The van der Waals surface area contributed by atoms with Crippen LogP contribution in [0.1, 0.15) is 11.3 Å². The first-order valence-electron chi connectivity index (χ1n) is 5.20. The van der Waals surface area contributed by atoms with E-state index in [9.17, 15) is 0 Å². The van der Waals surface area contributed by atoms with Gasteiger partial charge >= 0.3 is 0 Å². The number of halogens is 1. The molecule has 2 aromatic rings. The van der Waals surface area contributed by atoms with Crippen molar-refractivity contribution < 1.29 is 9.84 Å². The number of aryl methyl sites for hydroxylation is 1. The maximum Gasteiger partial charge on any atom is 0.219 e. The number of nitrogens with zero attached hydrogens (tertiary/aromatic N) is 1. The SMILES string of the molecule is Cc1cc(Oc2cccc(CO)n2)ccc1Cl. The smallest absolute Gasteiger partial charge is 0.219 e. The number of benzene rings is 1. The molecule has 0 aliphatic rings. The first-order chi connectivity index (χ1) is 8.19. The first kappa shape index (κ1) is 11.9. The number of aromatic nitrogens is 1. The molecule has 4 heteroatoms. The van der Waals surface area contributed by atoms with Crippen LogP contribution < -0.4 is 4.74 Å². The van der Waals surface area contributed by atoms with Crippen molar-refractivity contribution in [1.29, 1.82) is 0 Å². The Morgan fingerprint density at radius 1 is 1.29 bits per heavy atom. The fourth-order valence-corrected chi connectivity index (χ4v) is 1.52. The highest BCUT2D eigenvalue weighted by atomic mass is 35.5. The van der Waals surface area contributed by atoms with E-state index in [1.807, 2.05) is 13.0 Å². The van der Waals surface area contributed by atoms with Crippen LogP contribution in [0, 0.1) is 6.92 Å². The molecule has 0 saturated carbocycles. The van der Waals surface area contributed by atoms with Crippen LogP contribution in [0.15, 0.2) is 36.4 Å². The average molecular weight is 250 g/mol. The molecule has 0 bridgehead atoms. The van der Waals surface area contributed by atoms with E-state index in [1.165, 1.54) is 0 Å². The number of pyridine rings is 1. The number of hydrogen-bond acceptors (Lipinski definition) is 3. The average Bonchev–Trinajstić information content (AvgIpc) is 2.34. The summed E-state index contributed by atoms with van der Waals surface area (Å²) in [4.78, 5) is 4.13. The van der Waals surface area contributed by atoms with Crippen molar-refractivity contribution in [2.75, 3.05) is 0 Å². The summed E-state index contributed by atoms with van der Waals surface area (Å²) in [5.74, 6) is 1.13. The normalized spacial score (nSPS) is 10.3. The van der Waals surface area contributed by atoms with E-state index in [2.05, 4.69) is 4.98 Å². The van der Waals surface area contributed by atoms with Gasteiger partial charge in [-0.25, -0.2) is 4.98 Å². The number of ether oxygens (including phenoxy) is 1. The third kappa shape index (κ3) is 2.96. The number of hydrogen-bond donors (Lipinski definition) is 1. The van der Waals surface area contributed by atoms with Gasteiger partial charge in [-0.1, -0.05) is 17.7 Å². The van der Waals surface area contributed by atoms with E-state index < -0.39 is 0 Å². The minimum atomic E-state index is -0.100. The summed E-state index contributed by atoms with van der Waals surface area (Å²) in [6, 6.07) is 10.7. The van der Waals surface area contributed by atoms with E-state index in [0.717, 1.165) is 5.56 Å². The van der Waals surface area contributed by atoms with Gasteiger partial charge in [0.2, 0.25) is 5.88 Å². The van der Waals surface area contributed by atoms with Crippen molar-refractivity contribution in [1.82, 2.24) is 4.98 Å². The van der Waals surface area contributed by atoms with E-state index in [-0.39, 0.29) is 6.61 Å². The lowest BCUT2D eigenvalue weighted by atomic mass is 10.2. The van der Waals surface area contributed by atoms with Crippen LogP contribution in [0.5, 0.6) is 11.6 Å². The zero-order chi connectivity index (χ0) is 12.3. The van der Waals surface area contributed by atoms with Crippen LogP contribution in [0.4, 0.5) is 0 Å². The highest BCUT2D eigenvalue weighted by Crippen LogP contribution is 2.24. The van der Waals surface area contributed by atoms with Gasteiger partial charge in [-0.3, -0.25) is 0 Å². The summed E-state index contributed by atoms with van der Waals surface area (Å²) in [6.07, 6.45) is 0. The summed E-state index contributed by atoms with van der Waals surface area (Å²) in [7, 11) is 0. The molecule has 1 heterocycles. The fraction of sp³-hybridized carbons (Fsp3) is 0.154. The van der Waals surface area contributed by atoms with E-state index in [4.69, 9.17) is 21.4 Å². The predicted molar refractivity (Wildman–Crippen MR) is 66.4 cm³/mol. The highest BCUT2D eigenvalue weighted by Gasteiger charge is 2.02. The molecule has 0 unspecified atom stereocenters. The van der Waals surface area contributed by atoms with Crippen molar-refractivity contribution in [3.05, 3.63) is 52.7 Å². The summed E-state index contributed by atoms with van der Waals surface area (Å²) < 4.78 is 5.58. The summed E-state index contributed by atoms with van der Waals surface area (Å²) in [5, 5.41) is 9.68. The Bertz CT molecular complexity index is 529. The molecule has 1 aromatic heterocycles. The third-order valence-corrected chi connectivity index (χ3v) is 2.72. The minimum Gasteiger partial charge on any atom is -0.439 e. The molecule has 17 heavy (non-hydrogen) atoms. The first-order valence-corrected chi connectivity index (χ1v) is 5.57. The molecule has 0 atom stereocenters. The fourth-order valence-electron chi connectivity index (χ4n) is 1.40. The Labute approximate surface area is 105 Å². The quantitative estimate of drug-likeness (QED) is 0.907. The van der Waals surface area contributed by atoms with E-state index in [0.29, 0.717) is 22.3 Å². The van der Waals surface area contributed by atoms with Crippen LogP contribution in [0.25, 0.3) is 0 Å². The zero-order valence-electron chi connectivity index (χ0n) is 9.35. The standard InChI is InChI=1S/C13H12ClNO2/c1-9-7-11(5-6-12(9)14)17-13-4-2-3-10(8-16)15-13/h2-7,16H,8H2,1H3. The van der Waals surface area contributed by atoms with Crippen molar-refractivity contribution in [3.8, 4) is 11.6 Å². The Kier molecular flexibility index (Phi) is 3.61. The van der Waals surface area contributed by atoms with Crippen LogP contribution >= 0.6 is 11.6 Å². The second-order valence-corrected chi connectivity index (χ2v) is 4.05. The van der Waals surface area contributed by atoms with Gasteiger partial charge in [-0.2, -0.15) is 0 Å². The van der Waals surface area contributed by atoms with Gasteiger partial charge in [0.15, 0.2) is 0 Å². The van der Waals surface area contributed by atoms with Gasteiger partial charge < -0.3 is 9.84 Å². The Balaban J connectivity index is 2.22. The Hall–Kier alpha value is -1.58. The highest BCUT2D eigenvalue weighted by molar-refractivity contribution is 6.31. The second kappa shape index (κ2) is 5.17. The third-order valence-electron chi connectivity index (χ3n) is 2.30. The van der Waals surface area contributed by atoms with Crippen LogP contribution in [0.2, 0.25) is 5.02 Å². The molecule has 0 fully saturated rings. The molecule has 0 aliphatic heterocycles. The van der Waals surface area contributed by atoms with Gasteiger partial charge in [0.1, 0.15) is 5.75 Å². The predicted octanol–water partition coefficient (Wildman–Crippen LogP) is 3.33. The van der Waals surface area contributed by atoms with Gasteiger partial charge in [-0.05, 0) is 36.8 Å². The van der Waals surface area contributed by atoms with Crippen LogP contribution in [0.3, 0.4) is 0 Å². The van der Waals surface area contributed by atoms with Gasteiger partial charge in [0.25, 0.3) is 0 Å². The molecule has 0 aliphatic carbocycles. The molecule has 0 saturated heterocycles. The summed E-state index contributed by atoms with van der Waals surface area (Å²) in [6.45, 7) is 1.81. The monoisotopic (exact) mass is 249 g/mol. The maximum atomic E-state index is 8.97. The topological polar surface area (TPSA) is 42.4 Å². The van der Waals surface area contributed by atoms with Gasteiger partial charge in [0, 0.05) is 11.1 Å². The van der Waals surface area contributed by atoms with Gasteiger partial charge in [0.05, 0.1) is 12.3 Å². The summed E-state index contributed by atoms with van der Waals surface area (Å²) >= 11 is 5.93. The molecular formula is C13H12ClNO2. The van der Waals surface area contributed by atoms with E-state index >= 15 is 0 Å². The maximum absolute atomic E-state index is 8.97. The number of aliphatic hydroxyl groups excluding tert-OH is 1. The van der Waals surface area contributed by atoms with E-state index in [1.54, 1.807) is 30.3 Å². The second-order valence-electron chi connectivity index (χ2n) is 3.64. The summed E-state index contributed by atoms with van der Waals surface area (Å²) in [5.41, 5.74) is 1.52.